The van der Waals surface area contributed by atoms with Crippen LogP contribution in [0.2, 0.25) is 0 Å². The molecule has 1 heterocycles. The number of likely N-dealkylation sites (tertiary alicyclic amines) is 1. The Morgan fingerprint density at radius 2 is 2.28 bits per heavy atom. The van der Waals surface area contributed by atoms with Gasteiger partial charge in [0.05, 0.1) is 4.92 Å². The quantitative estimate of drug-likeness (QED) is 0.631. The van der Waals surface area contributed by atoms with Crippen LogP contribution >= 0.6 is 15.9 Å². The van der Waals surface area contributed by atoms with Crippen LogP contribution in [-0.4, -0.2) is 22.4 Å². The summed E-state index contributed by atoms with van der Waals surface area (Å²) in [5.41, 5.74) is 1.26. The molecule has 4 nitrogen and oxygen atoms in total. The summed E-state index contributed by atoms with van der Waals surface area (Å²) in [4.78, 5) is 12.8. The van der Waals surface area contributed by atoms with Crippen LogP contribution in [0.4, 0.5) is 5.69 Å². The van der Waals surface area contributed by atoms with E-state index < -0.39 is 0 Å². The van der Waals surface area contributed by atoms with Crippen molar-refractivity contribution in [3.8, 4) is 0 Å². The van der Waals surface area contributed by atoms with E-state index in [9.17, 15) is 10.1 Å². The van der Waals surface area contributed by atoms with E-state index in [0.717, 1.165) is 23.1 Å². The normalized spacial score (nSPS) is 20.9. The SMILES string of the molecule is C[C@@H]1CCCCN1Cc1ccc([N+](=O)[O-])cc1Br. The van der Waals surface area contributed by atoms with Crippen molar-refractivity contribution in [1.82, 2.24) is 4.90 Å². The van der Waals surface area contributed by atoms with Crippen molar-refractivity contribution in [2.45, 2.75) is 38.8 Å². The second-order valence-corrected chi connectivity index (χ2v) is 5.70. The molecule has 1 aromatic rings. The Kier molecular flexibility index (Phi) is 4.35. The van der Waals surface area contributed by atoms with Gasteiger partial charge in [0, 0.05) is 29.2 Å². The molecule has 1 aromatic carbocycles. The summed E-state index contributed by atoms with van der Waals surface area (Å²) >= 11 is 3.43. The fourth-order valence-corrected chi connectivity index (χ4v) is 2.88. The van der Waals surface area contributed by atoms with Gasteiger partial charge in [0.1, 0.15) is 0 Å². The number of hydrogen-bond acceptors (Lipinski definition) is 3. The first-order valence-electron chi connectivity index (χ1n) is 6.25. The lowest BCUT2D eigenvalue weighted by atomic mass is 10.0. The Hall–Kier alpha value is -0.940. The second kappa shape index (κ2) is 5.80. The number of hydrogen-bond donors (Lipinski definition) is 0. The third-order valence-corrected chi connectivity index (χ3v) is 4.30. The molecule has 1 atom stereocenters. The molecule has 98 valence electrons. The molecule has 0 bridgehead atoms. The zero-order valence-corrected chi connectivity index (χ0v) is 12.0. The number of nitro groups is 1. The summed E-state index contributed by atoms with van der Waals surface area (Å²) in [6, 6.07) is 5.61. The lowest BCUT2D eigenvalue weighted by Gasteiger charge is -2.33. The molecule has 0 saturated carbocycles. The van der Waals surface area contributed by atoms with E-state index in [4.69, 9.17) is 0 Å². The predicted octanol–water partition coefficient (Wildman–Crippen LogP) is 3.73. The van der Waals surface area contributed by atoms with Crippen molar-refractivity contribution in [2.24, 2.45) is 0 Å². The van der Waals surface area contributed by atoms with Crippen LogP contribution in [0.25, 0.3) is 0 Å². The lowest BCUT2D eigenvalue weighted by Crippen LogP contribution is -2.36. The second-order valence-electron chi connectivity index (χ2n) is 4.85. The van der Waals surface area contributed by atoms with Crippen molar-refractivity contribution in [2.75, 3.05) is 6.54 Å². The molecule has 0 unspecified atom stereocenters. The summed E-state index contributed by atoms with van der Waals surface area (Å²) in [7, 11) is 0. The monoisotopic (exact) mass is 312 g/mol. The van der Waals surface area contributed by atoms with Gasteiger partial charge in [-0.1, -0.05) is 22.4 Å². The summed E-state index contributed by atoms with van der Waals surface area (Å²) in [5, 5.41) is 10.7. The summed E-state index contributed by atoms with van der Waals surface area (Å²) < 4.78 is 0.828. The predicted molar refractivity (Wildman–Crippen MR) is 74.5 cm³/mol. The van der Waals surface area contributed by atoms with E-state index in [1.165, 1.54) is 19.3 Å². The molecular formula is C13H17BrN2O2. The van der Waals surface area contributed by atoms with Crippen LogP contribution in [0.1, 0.15) is 31.7 Å². The van der Waals surface area contributed by atoms with Gasteiger partial charge in [0.2, 0.25) is 0 Å². The molecule has 2 rings (SSSR count). The third-order valence-electron chi connectivity index (χ3n) is 3.56. The van der Waals surface area contributed by atoms with Gasteiger partial charge in [-0.05, 0) is 37.9 Å². The van der Waals surface area contributed by atoms with Crippen molar-refractivity contribution in [3.05, 3.63) is 38.3 Å². The van der Waals surface area contributed by atoms with Gasteiger partial charge in [-0.15, -0.1) is 0 Å². The standard InChI is InChI=1S/C13H17BrN2O2/c1-10-4-2-3-7-15(10)9-11-5-6-12(16(17)18)8-13(11)14/h5-6,8,10H,2-4,7,9H2,1H3/t10-/m1/s1. The molecule has 1 aliphatic rings. The van der Waals surface area contributed by atoms with Crippen LogP contribution in [0, 0.1) is 10.1 Å². The summed E-state index contributed by atoms with van der Waals surface area (Å²) in [5.74, 6) is 0. The molecule has 5 heteroatoms. The van der Waals surface area contributed by atoms with Crippen molar-refractivity contribution in [3.63, 3.8) is 0 Å². The van der Waals surface area contributed by atoms with E-state index in [-0.39, 0.29) is 10.6 Å². The summed E-state index contributed by atoms with van der Waals surface area (Å²) in [6.07, 6.45) is 3.79. The first-order valence-corrected chi connectivity index (χ1v) is 7.04. The smallest absolute Gasteiger partial charge is 0.270 e. The largest absolute Gasteiger partial charge is 0.296 e. The number of halogens is 1. The van der Waals surface area contributed by atoms with Gasteiger partial charge in [0.15, 0.2) is 0 Å². The van der Waals surface area contributed by atoms with E-state index in [0.29, 0.717) is 6.04 Å². The minimum Gasteiger partial charge on any atom is -0.296 e. The molecule has 0 amide bonds. The highest BCUT2D eigenvalue weighted by Crippen LogP contribution is 2.26. The summed E-state index contributed by atoms with van der Waals surface area (Å²) in [6.45, 7) is 4.22. The van der Waals surface area contributed by atoms with E-state index >= 15 is 0 Å². The Labute approximate surface area is 115 Å². The molecule has 0 N–H and O–H groups in total. The maximum atomic E-state index is 10.7. The Balaban J connectivity index is 2.11. The fourth-order valence-electron chi connectivity index (χ4n) is 2.39. The average Bonchev–Trinajstić information content (AvgIpc) is 2.34. The van der Waals surface area contributed by atoms with Gasteiger partial charge in [-0.25, -0.2) is 0 Å². The molecule has 1 saturated heterocycles. The highest BCUT2D eigenvalue weighted by Gasteiger charge is 2.19. The topological polar surface area (TPSA) is 46.4 Å². The van der Waals surface area contributed by atoms with Gasteiger partial charge in [-0.3, -0.25) is 15.0 Å². The highest BCUT2D eigenvalue weighted by atomic mass is 79.9. The van der Waals surface area contributed by atoms with Crippen molar-refractivity contribution < 1.29 is 4.92 Å². The highest BCUT2D eigenvalue weighted by molar-refractivity contribution is 9.10. The van der Waals surface area contributed by atoms with Crippen LogP contribution in [-0.2, 0) is 6.54 Å². The van der Waals surface area contributed by atoms with Gasteiger partial charge in [0.25, 0.3) is 5.69 Å². The minimum atomic E-state index is -0.363. The van der Waals surface area contributed by atoms with Crippen LogP contribution in [0.3, 0.4) is 0 Å². The number of non-ortho nitro benzene ring substituents is 1. The Morgan fingerprint density at radius 1 is 1.50 bits per heavy atom. The van der Waals surface area contributed by atoms with Crippen LogP contribution in [0.15, 0.2) is 22.7 Å². The first kappa shape index (κ1) is 13.5. The van der Waals surface area contributed by atoms with E-state index in [1.54, 1.807) is 12.1 Å². The minimum absolute atomic E-state index is 0.136. The Morgan fingerprint density at radius 3 is 2.89 bits per heavy atom. The number of benzene rings is 1. The molecule has 1 aliphatic heterocycles. The zero-order chi connectivity index (χ0) is 13.1. The van der Waals surface area contributed by atoms with E-state index in [1.807, 2.05) is 6.07 Å². The molecule has 18 heavy (non-hydrogen) atoms. The third kappa shape index (κ3) is 3.09. The molecule has 0 spiro atoms. The zero-order valence-electron chi connectivity index (χ0n) is 10.4. The first-order chi connectivity index (χ1) is 8.58. The molecule has 0 aliphatic carbocycles. The Bertz CT molecular complexity index is 451. The number of nitro benzene ring substituents is 1. The van der Waals surface area contributed by atoms with Gasteiger partial charge in [-0.2, -0.15) is 0 Å². The van der Waals surface area contributed by atoms with Crippen LogP contribution in [0.5, 0.6) is 0 Å². The molecule has 1 fully saturated rings. The molecule has 0 radical (unpaired) electrons. The number of rotatable bonds is 3. The fraction of sp³-hybridized carbons (Fsp3) is 0.538. The van der Waals surface area contributed by atoms with Gasteiger partial charge < -0.3 is 0 Å². The van der Waals surface area contributed by atoms with Crippen molar-refractivity contribution >= 4 is 21.6 Å². The lowest BCUT2D eigenvalue weighted by molar-refractivity contribution is -0.384. The molecular weight excluding hydrogens is 296 g/mol. The van der Waals surface area contributed by atoms with Crippen molar-refractivity contribution in [1.29, 1.82) is 0 Å². The van der Waals surface area contributed by atoms with Gasteiger partial charge >= 0.3 is 0 Å². The maximum Gasteiger partial charge on any atom is 0.270 e. The maximum absolute atomic E-state index is 10.7. The van der Waals surface area contributed by atoms with Crippen LogP contribution < -0.4 is 0 Å². The molecule has 0 aromatic heterocycles. The number of piperidine rings is 1. The van der Waals surface area contributed by atoms with E-state index in [2.05, 4.69) is 27.8 Å². The number of nitrogens with zero attached hydrogens (tertiary/aromatic N) is 2. The average molecular weight is 313 g/mol.